The summed E-state index contributed by atoms with van der Waals surface area (Å²) in [4.78, 5) is 2.23. The highest BCUT2D eigenvalue weighted by atomic mass is 15.6. The predicted octanol–water partition coefficient (Wildman–Crippen LogP) is -0.602. The molecule has 14 heavy (non-hydrogen) atoms. The van der Waals surface area contributed by atoms with Gasteiger partial charge < -0.3 is 10.2 Å². The SMILES string of the molecule is CNC1CCCN(c2nnnn2C)C1. The van der Waals surface area contributed by atoms with Crippen molar-refractivity contribution >= 4 is 5.95 Å². The summed E-state index contributed by atoms with van der Waals surface area (Å²) in [6, 6.07) is 0.556. The number of rotatable bonds is 2. The average molecular weight is 196 g/mol. The van der Waals surface area contributed by atoms with E-state index >= 15 is 0 Å². The zero-order valence-electron chi connectivity index (χ0n) is 8.64. The Balaban J connectivity index is 2.08. The van der Waals surface area contributed by atoms with Crippen LogP contribution in [0.15, 0.2) is 0 Å². The summed E-state index contributed by atoms with van der Waals surface area (Å²) in [6.07, 6.45) is 2.43. The van der Waals surface area contributed by atoms with Crippen molar-refractivity contribution in [3.05, 3.63) is 0 Å². The van der Waals surface area contributed by atoms with Gasteiger partial charge in [-0.25, -0.2) is 4.68 Å². The molecule has 78 valence electrons. The van der Waals surface area contributed by atoms with Crippen molar-refractivity contribution in [1.29, 1.82) is 0 Å². The lowest BCUT2D eigenvalue weighted by Crippen LogP contribution is -2.45. The van der Waals surface area contributed by atoms with Gasteiger partial charge in [0.1, 0.15) is 0 Å². The van der Waals surface area contributed by atoms with E-state index in [1.54, 1.807) is 4.68 Å². The van der Waals surface area contributed by atoms with Crippen LogP contribution in [0.2, 0.25) is 0 Å². The van der Waals surface area contributed by atoms with Crippen molar-refractivity contribution in [2.75, 3.05) is 25.0 Å². The van der Waals surface area contributed by atoms with Gasteiger partial charge in [-0.3, -0.25) is 0 Å². The molecule has 1 fully saturated rings. The third-order valence-electron chi connectivity index (χ3n) is 2.71. The first-order valence-electron chi connectivity index (χ1n) is 4.96. The number of tetrazole rings is 1. The van der Waals surface area contributed by atoms with Crippen LogP contribution >= 0.6 is 0 Å². The van der Waals surface area contributed by atoms with Gasteiger partial charge >= 0.3 is 0 Å². The van der Waals surface area contributed by atoms with Crippen LogP contribution in [0.25, 0.3) is 0 Å². The molecule has 0 aromatic carbocycles. The van der Waals surface area contributed by atoms with Crippen LogP contribution in [-0.4, -0.2) is 46.4 Å². The molecule has 0 bridgehead atoms. The first-order chi connectivity index (χ1) is 6.81. The van der Waals surface area contributed by atoms with Gasteiger partial charge in [-0.05, 0) is 30.3 Å². The number of hydrogen-bond donors (Lipinski definition) is 1. The molecule has 1 N–H and O–H groups in total. The highest BCUT2D eigenvalue weighted by molar-refractivity contribution is 5.28. The van der Waals surface area contributed by atoms with E-state index in [4.69, 9.17) is 0 Å². The van der Waals surface area contributed by atoms with Crippen LogP contribution in [0.4, 0.5) is 5.95 Å². The average Bonchev–Trinajstić information content (AvgIpc) is 2.65. The maximum Gasteiger partial charge on any atom is 0.245 e. The second-order valence-corrected chi connectivity index (χ2v) is 3.68. The fourth-order valence-electron chi connectivity index (χ4n) is 1.89. The summed E-state index contributed by atoms with van der Waals surface area (Å²) in [7, 11) is 3.88. The van der Waals surface area contributed by atoms with Crippen LogP contribution in [0.3, 0.4) is 0 Å². The fraction of sp³-hybridized carbons (Fsp3) is 0.875. The first-order valence-corrected chi connectivity index (χ1v) is 4.96. The maximum atomic E-state index is 4.01. The monoisotopic (exact) mass is 196 g/mol. The van der Waals surface area contributed by atoms with Gasteiger partial charge in [-0.15, -0.1) is 0 Å². The Morgan fingerprint density at radius 1 is 1.50 bits per heavy atom. The Morgan fingerprint density at radius 2 is 2.36 bits per heavy atom. The molecule has 2 rings (SSSR count). The molecule has 1 atom stereocenters. The molecule has 1 aliphatic rings. The summed E-state index contributed by atoms with van der Waals surface area (Å²) in [5, 5.41) is 14.8. The first kappa shape index (κ1) is 9.39. The van der Waals surface area contributed by atoms with E-state index in [0.717, 1.165) is 19.0 Å². The van der Waals surface area contributed by atoms with E-state index in [-0.39, 0.29) is 0 Å². The van der Waals surface area contributed by atoms with Gasteiger partial charge in [0.05, 0.1) is 0 Å². The second kappa shape index (κ2) is 3.91. The lowest BCUT2D eigenvalue weighted by atomic mass is 10.1. The number of aryl methyl sites for hydroxylation is 1. The molecule has 1 aliphatic heterocycles. The molecular formula is C8H16N6. The van der Waals surface area contributed by atoms with Crippen molar-refractivity contribution in [2.45, 2.75) is 18.9 Å². The Hall–Kier alpha value is -1.17. The molecule has 1 aromatic heterocycles. The largest absolute Gasteiger partial charge is 0.338 e. The van der Waals surface area contributed by atoms with Gasteiger partial charge in [0, 0.05) is 26.2 Å². The van der Waals surface area contributed by atoms with Gasteiger partial charge in [0.2, 0.25) is 5.95 Å². The molecule has 0 radical (unpaired) electrons. The van der Waals surface area contributed by atoms with E-state index in [1.807, 2.05) is 14.1 Å². The van der Waals surface area contributed by atoms with E-state index in [1.165, 1.54) is 12.8 Å². The summed E-state index contributed by atoms with van der Waals surface area (Å²) in [6.45, 7) is 2.04. The van der Waals surface area contributed by atoms with Crippen molar-refractivity contribution in [3.8, 4) is 0 Å². The number of likely N-dealkylation sites (N-methyl/N-ethyl adjacent to an activating group) is 1. The van der Waals surface area contributed by atoms with Crippen molar-refractivity contribution < 1.29 is 0 Å². The molecule has 6 heteroatoms. The van der Waals surface area contributed by atoms with Gasteiger partial charge in [0.25, 0.3) is 0 Å². The van der Waals surface area contributed by atoms with E-state index in [2.05, 4.69) is 25.7 Å². The Labute approximate surface area is 83.3 Å². The zero-order valence-corrected chi connectivity index (χ0v) is 8.64. The minimum atomic E-state index is 0.556. The minimum Gasteiger partial charge on any atom is -0.338 e. The molecule has 0 spiro atoms. The molecular weight excluding hydrogens is 180 g/mol. The van der Waals surface area contributed by atoms with Gasteiger partial charge in [0.15, 0.2) is 0 Å². The van der Waals surface area contributed by atoms with Crippen LogP contribution in [0.1, 0.15) is 12.8 Å². The Kier molecular flexibility index (Phi) is 2.62. The third kappa shape index (κ3) is 1.70. The molecule has 1 saturated heterocycles. The molecule has 2 heterocycles. The van der Waals surface area contributed by atoms with Gasteiger partial charge in [-0.2, -0.15) is 0 Å². The summed E-state index contributed by atoms with van der Waals surface area (Å²) in [5.74, 6) is 0.866. The van der Waals surface area contributed by atoms with E-state index in [9.17, 15) is 0 Å². The predicted molar refractivity (Wildman–Crippen MR) is 53.1 cm³/mol. The highest BCUT2D eigenvalue weighted by Crippen LogP contribution is 2.15. The number of nitrogens with one attached hydrogen (secondary N) is 1. The Bertz CT molecular complexity index is 296. The van der Waals surface area contributed by atoms with Crippen LogP contribution in [0.5, 0.6) is 0 Å². The molecule has 1 unspecified atom stereocenters. The quantitative estimate of drug-likeness (QED) is 0.684. The third-order valence-corrected chi connectivity index (χ3v) is 2.71. The van der Waals surface area contributed by atoms with Crippen molar-refractivity contribution in [2.24, 2.45) is 7.05 Å². The molecule has 0 aliphatic carbocycles. The van der Waals surface area contributed by atoms with E-state index < -0.39 is 0 Å². The number of hydrogen-bond acceptors (Lipinski definition) is 5. The van der Waals surface area contributed by atoms with Crippen LogP contribution in [0, 0.1) is 0 Å². The second-order valence-electron chi connectivity index (χ2n) is 3.68. The van der Waals surface area contributed by atoms with E-state index in [0.29, 0.717) is 6.04 Å². The lowest BCUT2D eigenvalue weighted by molar-refractivity contribution is 0.442. The molecule has 1 aromatic rings. The van der Waals surface area contributed by atoms with Crippen LogP contribution < -0.4 is 10.2 Å². The summed E-state index contributed by atoms with van der Waals surface area (Å²) >= 11 is 0. The summed E-state index contributed by atoms with van der Waals surface area (Å²) in [5.41, 5.74) is 0. The van der Waals surface area contributed by atoms with Crippen LogP contribution in [-0.2, 0) is 7.05 Å². The topological polar surface area (TPSA) is 58.9 Å². The molecule has 0 amide bonds. The maximum absolute atomic E-state index is 4.01. The number of nitrogens with zero attached hydrogens (tertiary/aromatic N) is 5. The standard InChI is InChI=1S/C8H16N6/c1-9-7-4-3-5-14(6-7)8-10-11-12-13(8)2/h7,9H,3-6H2,1-2H3. The fourth-order valence-corrected chi connectivity index (χ4v) is 1.89. The van der Waals surface area contributed by atoms with Crippen molar-refractivity contribution in [1.82, 2.24) is 25.5 Å². The Morgan fingerprint density at radius 3 is 3.00 bits per heavy atom. The summed E-state index contributed by atoms with van der Waals surface area (Å²) < 4.78 is 1.72. The molecule has 6 nitrogen and oxygen atoms in total. The smallest absolute Gasteiger partial charge is 0.245 e. The number of piperidine rings is 1. The number of aromatic nitrogens is 4. The zero-order chi connectivity index (χ0) is 9.97. The van der Waals surface area contributed by atoms with Crippen molar-refractivity contribution in [3.63, 3.8) is 0 Å². The minimum absolute atomic E-state index is 0.556. The molecule has 0 saturated carbocycles. The normalized spacial score (nSPS) is 22.7. The lowest BCUT2D eigenvalue weighted by Gasteiger charge is -2.32. The number of anilines is 1. The van der Waals surface area contributed by atoms with Gasteiger partial charge in [-0.1, -0.05) is 5.10 Å². The highest BCUT2D eigenvalue weighted by Gasteiger charge is 2.21.